The molecule has 11 heteroatoms. The molecule has 1 saturated carbocycles. The monoisotopic (exact) mass is 679 g/mol. The maximum atomic E-state index is 14.1. The van der Waals surface area contributed by atoms with Crippen LogP contribution in [0.25, 0.3) is 0 Å². The second kappa shape index (κ2) is 14.1. The van der Waals surface area contributed by atoms with E-state index in [1.807, 2.05) is 0 Å². The fourth-order valence-corrected chi connectivity index (χ4v) is 7.15. The Morgan fingerprint density at radius 3 is 2.34 bits per heavy atom. The molecule has 3 aromatic rings. The van der Waals surface area contributed by atoms with Crippen LogP contribution in [0.15, 0.2) is 82.2 Å². The zero-order chi connectivity index (χ0) is 29.6. The minimum atomic E-state index is -4.13. The van der Waals surface area contributed by atoms with Gasteiger partial charge >= 0.3 is 0 Å². The molecule has 41 heavy (non-hydrogen) atoms. The first kappa shape index (κ1) is 31.3. The normalized spacial score (nSPS) is 14.7. The van der Waals surface area contributed by atoms with Crippen LogP contribution in [0.4, 0.5) is 5.69 Å². The second-order valence-electron chi connectivity index (χ2n) is 10.1. The lowest BCUT2D eigenvalue weighted by atomic mass is 9.95. The lowest BCUT2D eigenvalue weighted by Crippen LogP contribution is -2.53. The van der Waals surface area contributed by atoms with Crippen molar-refractivity contribution in [3.63, 3.8) is 0 Å². The van der Waals surface area contributed by atoms with Crippen molar-refractivity contribution >= 4 is 66.7 Å². The van der Waals surface area contributed by atoms with Gasteiger partial charge in [-0.2, -0.15) is 0 Å². The lowest BCUT2D eigenvalue weighted by molar-refractivity contribution is -0.139. The third kappa shape index (κ3) is 8.03. The molecule has 4 rings (SSSR count). The highest BCUT2D eigenvalue weighted by atomic mass is 79.9. The molecular formula is C30H32BrCl2N3O4S. The van der Waals surface area contributed by atoms with Gasteiger partial charge in [0.05, 0.1) is 10.6 Å². The van der Waals surface area contributed by atoms with Crippen LogP contribution >= 0.6 is 39.1 Å². The summed E-state index contributed by atoms with van der Waals surface area (Å²) in [6.45, 7) is 1.11. The van der Waals surface area contributed by atoms with Crippen LogP contribution in [-0.4, -0.2) is 43.8 Å². The summed E-state index contributed by atoms with van der Waals surface area (Å²) in [5, 5.41) is 3.87. The minimum absolute atomic E-state index is 0.00814. The molecule has 1 atom stereocenters. The van der Waals surface area contributed by atoms with Gasteiger partial charge < -0.3 is 10.2 Å². The maximum Gasteiger partial charge on any atom is 0.264 e. The van der Waals surface area contributed by atoms with E-state index in [4.69, 9.17) is 23.2 Å². The molecule has 0 unspecified atom stereocenters. The molecule has 7 nitrogen and oxygen atoms in total. The van der Waals surface area contributed by atoms with Gasteiger partial charge in [-0.15, -0.1) is 0 Å². The Kier molecular flexibility index (Phi) is 10.7. The summed E-state index contributed by atoms with van der Waals surface area (Å²) in [5.41, 5.74) is 0.891. The first-order valence-electron chi connectivity index (χ1n) is 13.4. The fraction of sp³-hybridized carbons (Fsp3) is 0.333. The largest absolute Gasteiger partial charge is 0.352 e. The smallest absolute Gasteiger partial charge is 0.264 e. The molecule has 0 heterocycles. The van der Waals surface area contributed by atoms with Gasteiger partial charge in [0.25, 0.3) is 10.0 Å². The molecule has 0 spiro atoms. The average Bonchev–Trinajstić information content (AvgIpc) is 2.96. The number of sulfonamides is 1. The summed E-state index contributed by atoms with van der Waals surface area (Å²) >= 11 is 15.9. The predicted molar refractivity (Wildman–Crippen MR) is 167 cm³/mol. The molecule has 218 valence electrons. The number of halogens is 3. The molecule has 0 radical (unpaired) electrons. The molecule has 1 aliphatic rings. The fourth-order valence-electron chi connectivity index (χ4n) is 4.86. The van der Waals surface area contributed by atoms with Gasteiger partial charge in [-0.3, -0.25) is 13.9 Å². The van der Waals surface area contributed by atoms with Gasteiger partial charge in [-0.25, -0.2) is 8.42 Å². The third-order valence-corrected chi connectivity index (χ3v) is 10.0. The van der Waals surface area contributed by atoms with E-state index in [0.717, 1.165) is 36.4 Å². The Morgan fingerprint density at radius 1 is 0.976 bits per heavy atom. The van der Waals surface area contributed by atoms with E-state index in [2.05, 4.69) is 21.2 Å². The van der Waals surface area contributed by atoms with Gasteiger partial charge in [-0.1, -0.05) is 88.7 Å². The number of hydrogen-bond acceptors (Lipinski definition) is 4. The average molecular weight is 681 g/mol. The first-order valence-corrected chi connectivity index (χ1v) is 16.4. The lowest BCUT2D eigenvalue weighted by Gasteiger charge is -2.33. The Morgan fingerprint density at radius 2 is 1.68 bits per heavy atom. The van der Waals surface area contributed by atoms with Crippen molar-refractivity contribution in [2.75, 3.05) is 10.8 Å². The molecule has 2 amide bonds. The molecule has 0 aliphatic heterocycles. The zero-order valence-electron chi connectivity index (χ0n) is 22.6. The van der Waals surface area contributed by atoms with Crippen molar-refractivity contribution in [1.29, 1.82) is 0 Å². The molecule has 1 N–H and O–H groups in total. The Labute approximate surface area is 260 Å². The highest BCUT2D eigenvalue weighted by molar-refractivity contribution is 9.10. The summed E-state index contributed by atoms with van der Waals surface area (Å²) < 4.78 is 29.4. The van der Waals surface area contributed by atoms with E-state index in [9.17, 15) is 18.0 Å². The van der Waals surface area contributed by atoms with Crippen molar-refractivity contribution in [1.82, 2.24) is 10.2 Å². The summed E-state index contributed by atoms with van der Waals surface area (Å²) in [6, 6.07) is 18.7. The predicted octanol–water partition coefficient (Wildman–Crippen LogP) is 6.82. The second-order valence-corrected chi connectivity index (χ2v) is 13.7. The first-order chi connectivity index (χ1) is 19.6. The highest BCUT2D eigenvalue weighted by Crippen LogP contribution is 2.28. The number of hydrogen-bond donors (Lipinski definition) is 1. The van der Waals surface area contributed by atoms with Gasteiger partial charge in [0, 0.05) is 27.1 Å². The van der Waals surface area contributed by atoms with Crippen LogP contribution in [0, 0.1) is 0 Å². The number of carbonyl (C=O) groups excluding carboxylic acids is 2. The van der Waals surface area contributed by atoms with Crippen LogP contribution in [0.5, 0.6) is 0 Å². The van der Waals surface area contributed by atoms with E-state index >= 15 is 0 Å². The summed E-state index contributed by atoms with van der Waals surface area (Å²) in [4.78, 5) is 28.9. The molecule has 0 saturated heterocycles. The maximum absolute atomic E-state index is 14.1. The van der Waals surface area contributed by atoms with E-state index in [1.165, 1.54) is 17.0 Å². The van der Waals surface area contributed by atoms with Gasteiger partial charge in [0.1, 0.15) is 12.6 Å². The van der Waals surface area contributed by atoms with Crippen molar-refractivity contribution in [3.8, 4) is 0 Å². The van der Waals surface area contributed by atoms with Crippen molar-refractivity contribution in [3.05, 3.63) is 92.9 Å². The SMILES string of the molecule is C[C@H](C(=O)NC1CCCCC1)N(Cc1ccc(Cl)cc1Cl)C(=O)CN(c1cccc(Br)c1)S(=O)(=O)c1ccccc1. The van der Waals surface area contributed by atoms with Crippen molar-refractivity contribution < 1.29 is 18.0 Å². The van der Waals surface area contributed by atoms with Crippen LogP contribution in [0.2, 0.25) is 10.0 Å². The number of rotatable bonds is 10. The quantitative estimate of drug-likeness (QED) is 0.255. The summed E-state index contributed by atoms with van der Waals surface area (Å²) in [5.74, 6) is -0.850. The Hall–Kier alpha value is -2.59. The molecule has 3 aromatic carbocycles. The van der Waals surface area contributed by atoms with Gasteiger partial charge in [-0.05, 0) is 67.8 Å². The van der Waals surface area contributed by atoms with Crippen LogP contribution in [-0.2, 0) is 26.2 Å². The van der Waals surface area contributed by atoms with E-state index < -0.39 is 28.5 Å². The van der Waals surface area contributed by atoms with Crippen molar-refractivity contribution in [2.45, 2.75) is 62.6 Å². The number of amides is 2. The third-order valence-electron chi connectivity index (χ3n) is 7.18. The van der Waals surface area contributed by atoms with E-state index in [1.54, 1.807) is 67.6 Å². The minimum Gasteiger partial charge on any atom is -0.352 e. The standard InChI is InChI=1S/C30H32BrCl2N3O4S/c1-21(30(38)34-25-10-4-2-5-11-25)35(19-22-15-16-24(32)18-28(22)33)29(37)20-36(26-12-8-9-23(31)17-26)41(39,40)27-13-6-3-7-14-27/h3,6-9,12-18,21,25H,2,4-5,10-11,19-20H2,1H3,(H,34,38)/t21-/m1/s1. The van der Waals surface area contributed by atoms with Gasteiger partial charge in [0.15, 0.2) is 0 Å². The number of benzene rings is 3. The Balaban J connectivity index is 1.69. The van der Waals surface area contributed by atoms with E-state index in [0.29, 0.717) is 25.8 Å². The highest BCUT2D eigenvalue weighted by Gasteiger charge is 2.33. The molecule has 1 fully saturated rings. The van der Waals surface area contributed by atoms with Gasteiger partial charge in [0.2, 0.25) is 11.8 Å². The number of nitrogens with zero attached hydrogens (tertiary/aromatic N) is 2. The molecule has 0 aromatic heterocycles. The number of nitrogens with one attached hydrogen (secondary N) is 1. The number of carbonyl (C=O) groups is 2. The topological polar surface area (TPSA) is 86.8 Å². The summed E-state index contributed by atoms with van der Waals surface area (Å²) in [6.07, 6.45) is 5.01. The molecule has 1 aliphatic carbocycles. The molecule has 0 bridgehead atoms. The number of anilines is 1. The Bertz CT molecular complexity index is 1480. The summed E-state index contributed by atoms with van der Waals surface area (Å²) in [7, 11) is -4.13. The van der Waals surface area contributed by atoms with Crippen molar-refractivity contribution in [2.24, 2.45) is 0 Å². The van der Waals surface area contributed by atoms with Crippen LogP contribution in [0.3, 0.4) is 0 Å². The molecular weight excluding hydrogens is 649 g/mol. The van der Waals surface area contributed by atoms with Crippen LogP contribution in [0.1, 0.15) is 44.6 Å². The van der Waals surface area contributed by atoms with E-state index in [-0.39, 0.29) is 23.4 Å². The van der Waals surface area contributed by atoms with Crippen LogP contribution < -0.4 is 9.62 Å². The zero-order valence-corrected chi connectivity index (χ0v) is 26.5.